The lowest BCUT2D eigenvalue weighted by atomic mass is 9.97. The number of carbonyl (C=O) groups excluding carboxylic acids is 1. The maximum atomic E-state index is 13.2. The molecule has 37 heavy (non-hydrogen) atoms. The summed E-state index contributed by atoms with van der Waals surface area (Å²) in [7, 11) is 0. The van der Waals surface area contributed by atoms with Gasteiger partial charge in [0.15, 0.2) is 17.5 Å². The standard InChI is InChI=1S/C25H28FN9O2/c1-15-9-21(30-22-10-16(2)32-33-22)31-24(29-15)19-5-4-8-34(13-19)25(36)37-17(3)18-6-7-23(27-11-18)35-14-20(26)12-28-35/h6-7,9-12,14,17,19H,4-5,8,13H2,1-3H3,(H2,29,30,31,32,33)/t17-,19+/m1/s1. The number of aryl methyl sites for hydroxylation is 2. The molecule has 1 amide bonds. The van der Waals surface area contributed by atoms with Gasteiger partial charge in [-0.1, -0.05) is 6.07 Å². The van der Waals surface area contributed by atoms with Crippen LogP contribution in [0.5, 0.6) is 0 Å². The Labute approximate surface area is 213 Å². The fourth-order valence-electron chi connectivity index (χ4n) is 4.30. The van der Waals surface area contributed by atoms with E-state index in [1.165, 1.54) is 10.9 Å². The van der Waals surface area contributed by atoms with Gasteiger partial charge in [0, 0.05) is 54.3 Å². The van der Waals surface area contributed by atoms with Gasteiger partial charge < -0.3 is 15.0 Å². The zero-order valence-corrected chi connectivity index (χ0v) is 20.8. The molecule has 4 aromatic rings. The molecule has 1 aliphatic heterocycles. The number of carbonyl (C=O) groups is 1. The second kappa shape index (κ2) is 10.3. The molecule has 5 heterocycles. The van der Waals surface area contributed by atoms with E-state index in [9.17, 15) is 9.18 Å². The number of likely N-dealkylation sites (tertiary alicyclic amines) is 1. The van der Waals surface area contributed by atoms with Crippen LogP contribution in [-0.4, -0.2) is 59.0 Å². The van der Waals surface area contributed by atoms with Crippen LogP contribution in [0.3, 0.4) is 0 Å². The fourth-order valence-corrected chi connectivity index (χ4v) is 4.30. The largest absolute Gasteiger partial charge is 0.441 e. The number of aromatic nitrogens is 7. The Bertz CT molecular complexity index is 1390. The summed E-state index contributed by atoms with van der Waals surface area (Å²) in [5.74, 6) is 2.06. The van der Waals surface area contributed by atoms with Gasteiger partial charge in [-0.2, -0.15) is 10.2 Å². The number of anilines is 2. The van der Waals surface area contributed by atoms with E-state index in [4.69, 9.17) is 9.72 Å². The van der Waals surface area contributed by atoms with E-state index >= 15 is 0 Å². The number of aromatic amines is 1. The first-order chi connectivity index (χ1) is 17.8. The van der Waals surface area contributed by atoms with E-state index in [2.05, 4.69) is 30.6 Å². The number of H-pyrrole nitrogens is 1. The van der Waals surface area contributed by atoms with Gasteiger partial charge in [-0.05, 0) is 39.7 Å². The molecule has 0 aliphatic carbocycles. The summed E-state index contributed by atoms with van der Waals surface area (Å²) in [5.41, 5.74) is 2.51. The molecule has 4 aromatic heterocycles. The van der Waals surface area contributed by atoms with Crippen molar-refractivity contribution in [2.45, 2.75) is 45.6 Å². The number of hydrogen-bond acceptors (Lipinski definition) is 8. The molecule has 192 valence electrons. The van der Waals surface area contributed by atoms with Crippen LogP contribution >= 0.6 is 0 Å². The van der Waals surface area contributed by atoms with Crippen molar-refractivity contribution in [3.63, 3.8) is 0 Å². The third-order valence-corrected chi connectivity index (χ3v) is 6.18. The van der Waals surface area contributed by atoms with Crippen molar-refractivity contribution >= 4 is 17.7 Å². The molecule has 5 rings (SSSR count). The van der Waals surface area contributed by atoms with Gasteiger partial charge in [-0.25, -0.2) is 28.8 Å². The third kappa shape index (κ3) is 5.74. The molecule has 2 N–H and O–H groups in total. The topological polar surface area (TPSA) is 127 Å². The van der Waals surface area contributed by atoms with Gasteiger partial charge in [0.1, 0.15) is 17.7 Å². The first-order valence-electron chi connectivity index (χ1n) is 12.1. The monoisotopic (exact) mass is 505 g/mol. The zero-order valence-electron chi connectivity index (χ0n) is 20.8. The third-order valence-electron chi connectivity index (χ3n) is 6.18. The maximum Gasteiger partial charge on any atom is 0.410 e. The number of hydrogen-bond donors (Lipinski definition) is 2. The molecule has 2 atom stereocenters. The average molecular weight is 506 g/mol. The van der Waals surface area contributed by atoms with Crippen LogP contribution in [0.2, 0.25) is 0 Å². The first kappa shape index (κ1) is 24.3. The van der Waals surface area contributed by atoms with E-state index in [-0.39, 0.29) is 5.92 Å². The van der Waals surface area contributed by atoms with Crippen LogP contribution in [0.4, 0.5) is 20.8 Å². The van der Waals surface area contributed by atoms with Crippen LogP contribution in [-0.2, 0) is 4.74 Å². The molecule has 1 saturated heterocycles. The number of rotatable bonds is 6. The summed E-state index contributed by atoms with van der Waals surface area (Å²) in [6, 6.07) is 7.26. The van der Waals surface area contributed by atoms with Crippen LogP contribution < -0.4 is 5.32 Å². The summed E-state index contributed by atoms with van der Waals surface area (Å²) in [5, 5.41) is 14.2. The minimum absolute atomic E-state index is 0.00612. The molecule has 12 heteroatoms. The lowest BCUT2D eigenvalue weighted by molar-refractivity contribution is 0.0610. The smallest absolute Gasteiger partial charge is 0.410 e. The van der Waals surface area contributed by atoms with Crippen molar-refractivity contribution in [1.82, 2.24) is 39.8 Å². The fraction of sp³-hybridized carbons (Fsp3) is 0.360. The Morgan fingerprint density at radius 1 is 1.22 bits per heavy atom. The summed E-state index contributed by atoms with van der Waals surface area (Å²) >= 11 is 0. The number of nitrogens with one attached hydrogen (secondary N) is 2. The van der Waals surface area contributed by atoms with E-state index < -0.39 is 18.0 Å². The Kier molecular flexibility index (Phi) is 6.80. The predicted octanol–water partition coefficient (Wildman–Crippen LogP) is 4.36. The van der Waals surface area contributed by atoms with Crippen molar-refractivity contribution in [1.29, 1.82) is 0 Å². The Morgan fingerprint density at radius 2 is 2.08 bits per heavy atom. The second-order valence-electron chi connectivity index (χ2n) is 9.18. The van der Waals surface area contributed by atoms with Crippen molar-refractivity contribution < 1.29 is 13.9 Å². The van der Waals surface area contributed by atoms with Crippen molar-refractivity contribution in [3.05, 3.63) is 71.4 Å². The predicted molar refractivity (Wildman–Crippen MR) is 133 cm³/mol. The number of halogens is 1. The number of amides is 1. The Hall–Kier alpha value is -4.35. The van der Waals surface area contributed by atoms with E-state index in [1.807, 2.05) is 26.0 Å². The second-order valence-corrected chi connectivity index (χ2v) is 9.18. The minimum atomic E-state index is -0.507. The highest BCUT2D eigenvalue weighted by atomic mass is 19.1. The quantitative estimate of drug-likeness (QED) is 0.396. The first-order valence-corrected chi connectivity index (χ1v) is 12.1. The summed E-state index contributed by atoms with van der Waals surface area (Å²) < 4.78 is 20.3. The average Bonchev–Trinajstić information content (AvgIpc) is 3.51. The van der Waals surface area contributed by atoms with Crippen molar-refractivity contribution in [2.75, 3.05) is 18.4 Å². The Morgan fingerprint density at radius 3 is 2.78 bits per heavy atom. The lowest BCUT2D eigenvalue weighted by Crippen LogP contribution is -2.40. The van der Waals surface area contributed by atoms with Crippen LogP contribution in [0, 0.1) is 19.7 Å². The highest BCUT2D eigenvalue weighted by Crippen LogP contribution is 2.28. The molecule has 0 saturated carbocycles. The van der Waals surface area contributed by atoms with Gasteiger partial charge in [0.2, 0.25) is 0 Å². The Balaban J connectivity index is 1.22. The molecule has 1 aliphatic rings. The van der Waals surface area contributed by atoms with Crippen molar-refractivity contribution in [3.8, 4) is 5.82 Å². The number of pyridine rings is 1. The van der Waals surface area contributed by atoms with E-state index in [1.54, 1.807) is 30.2 Å². The molecule has 11 nitrogen and oxygen atoms in total. The van der Waals surface area contributed by atoms with Gasteiger partial charge in [-0.3, -0.25) is 5.10 Å². The summed E-state index contributed by atoms with van der Waals surface area (Å²) in [6.07, 6.45) is 4.76. The van der Waals surface area contributed by atoms with E-state index in [0.29, 0.717) is 36.4 Å². The summed E-state index contributed by atoms with van der Waals surface area (Å²) in [6.45, 7) is 6.72. The molecule has 0 bridgehead atoms. The highest BCUT2D eigenvalue weighted by molar-refractivity contribution is 5.68. The maximum absolute atomic E-state index is 13.2. The molecular weight excluding hydrogens is 477 g/mol. The van der Waals surface area contributed by atoms with Crippen LogP contribution in [0.25, 0.3) is 5.82 Å². The van der Waals surface area contributed by atoms with Gasteiger partial charge in [0.25, 0.3) is 0 Å². The molecule has 0 unspecified atom stereocenters. The van der Waals surface area contributed by atoms with Gasteiger partial charge in [-0.15, -0.1) is 0 Å². The SMILES string of the molecule is Cc1cc(Nc2cc(C)[nH]n2)nc([C@H]2CCCN(C(=O)O[C@H](C)c3ccc(-n4cc(F)cn4)nc3)C2)n1. The minimum Gasteiger partial charge on any atom is -0.441 e. The highest BCUT2D eigenvalue weighted by Gasteiger charge is 2.29. The zero-order chi connectivity index (χ0) is 25.9. The molecule has 0 spiro atoms. The van der Waals surface area contributed by atoms with Crippen molar-refractivity contribution in [2.24, 2.45) is 0 Å². The molecular formula is C25H28FN9O2. The molecule has 1 fully saturated rings. The lowest BCUT2D eigenvalue weighted by Gasteiger charge is -2.32. The molecule has 0 radical (unpaired) electrons. The summed E-state index contributed by atoms with van der Waals surface area (Å²) in [4.78, 5) is 28.3. The van der Waals surface area contributed by atoms with Crippen LogP contribution in [0.1, 0.15) is 54.6 Å². The van der Waals surface area contributed by atoms with Gasteiger partial charge >= 0.3 is 6.09 Å². The number of ether oxygens (including phenoxy) is 1. The van der Waals surface area contributed by atoms with Gasteiger partial charge in [0.05, 0.1) is 12.4 Å². The normalized spacial score (nSPS) is 16.4. The van der Waals surface area contributed by atoms with Crippen LogP contribution in [0.15, 0.2) is 42.9 Å². The number of piperidine rings is 1. The number of nitrogens with zero attached hydrogens (tertiary/aromatic N) is 7. The molecule has 0 aromatic carbocycles. The van der Waals surface area contributed by atoms with E-state index in [0.717, 1.165) is 36.0 Å².